The van der Waals surface area contributed by atoms with Gasteiger partial charge in [0.2, 0.25) is 11.8 Å². The lowest BCUT2D eigenvalue weighted by Gasteiger charge is -2.34. The van der Waals surface area contributed by atoms with E-state index in [0.717, 1.165) is 37.8 Å². The summed E-state index contributed by atoms with van der Waals surface area (Å²) in [4.78, 5) is 44.4. The van der Waals surface area contributed by atoms with Crippen molar-refractivity contribution in [2.75, 3.05) is 26.7 Å². The number of allylic oxidation sites excluding steroid dienone is 2. The minimum Gasteiger partial charge on any atom is -0.490 e. The first kappa shape index (κ1) is 29.8. The van der Waals surface area contributed by atoms with Crippen LogP contribution in [0.25, 0.3) is 5.57 Å². The van der Waals surface area contributed by atoms with E-state index in [9.17, 15) is 19.5 Å². The fraction of sp³-hybridized carbons (Fsp3) is 0.387. The zero-order valence-electron chi connectivity index (χ0n) is 23.9. The van der Waals surface area contributed by atoms with E-state index in [1.54, 1.807) is 36.4 Å². The summed E-state index contributed by atoms with van der Waals surface area (Å²) in [5, 5.41) is 20.9. The van der Waals surface area contributed by atoms with Gasteiger partial charge in [-0.3, -0.25) is 9.59 Å². The molecule has 0 radical (unpaired) electrons. The van der Waals surface area contributed by atoms with Gasteiger partial charge in [-0.2, -0.15) is 0 Å². The molecule has 0 saturated heterocycles. The summed E-state index contributed by atoms with van der Waals surface area (Å²) in [6.07, 6.45) is 2.95. The van der Waals surface area contributed by atoms with Crippen LogP contribution in [-0.2, 0) is 28.0 Å². The molecule has 0 bridgehead atoms. The van der Waals surface area contributed by atoms with Crippen molar-refractivity contribution in [1.29, 1.82) is 5.41 Å². The van der Waals surface area contributed by atoms with Crippen LogP contribution in [0.1, 0.15) is 51.8 Å². The lowest BCUT2D eigenvalue weighted by molar-refractivity contribution is -0.142. The van der Waals surface area contributed by atoms with Crippen LogP contribution in [0.5, 0.6) is 5.75 Å². The summed E-state index contributed by atoms with van der Waals surface area (Å²) in [5.41, 5.74) is 6.59. The van der Waals surface area contributed by atoms with Gasteiger partial charge in [0.1, 0.15) is 18.9 Å². The molecule has 0 saturated carbocycles. The highest BCUT2D eigenvalue weighted by molar-refractivity contribution is 7.12. The third-order valence-electron chi connectivity index (χ3n) is 7.94. The molecule has 41 heavy (non-hydrogen) atoms. The number of hydrogen-bond acceptors (Lipinski definition) is 7. The van der Waals surface area contributed by atoms with Crippen molar-refractivity contribution >= 4 is 41.0 Å². The van der Waals surface area contributed by atoms with E-state index in [-0.39, 0.29) is 13.0 Å². The van der Waals surface area contributed by atoms with E-state index in [1.807, 2.05) is 32.0 Å². The molecule has 0 spiro atoms. The molecule has 0 fully saturated rings. The third kappa shape index (κ3) is 5.85. The molecule has 2 aromatic rings. The molecular formula is C31H36N4O5S. The minimum atomic E-state index is -1.48. The number of amides is 3. The molecular weight excluding hydrogens is 540 g/mol. The van der Waals surface area contributed by atoms with Crippen LogP contribution in [0, 0.1) is 19.3 Å². The number of imide groups is 1. The van der Waals surface area contributed by atoms with Gasteiger partial charge >= 0.3 is 6.09 Å². The van der Waals surface area contributed by atoms with Gasteiger partial charge in [-0.25, -0.2) is 9.69 Å². The van der Waals surface area contributed by atoms with Crippen LogP contribution < -0.4 is 10.1 Å². The van der Waals surface area contributed by atoms with Gasteiger partial charge in [0.15, 0.2) is 0 Å². The highest BCUT2D eigenvalue weighted by Gasteiger charge is 2.44. The molecule has 1 aliphatic carbocycles. The molecule has 1 unspecified atom stereocenters. The maximum absolute atomic E-state index is 14.2. The maximum atomic E-state index is 14.2. The first-order chi connectivity index (χ1) is 19.5. The van der Waals surface area contributed by atoms with E-state index in [0.29, 0.717) is 42.0 Å². The lowest BCUT2D eigenvalue weighted by Crippen LogP contribution is -2.52. The van der Waals surface area contributed by atoms with Gasteiger partial charge in [0.25, 0.3) is 0 Å². The third-order valence-corrected chi connectivity index (χ3v) is 9.11. The molecule has 2 aliphatic rings. The van der Waals surface area contributed by atoms with Gasteiger partial charge in [-0.1, -0.05) is 24.8 Å². The second-order valence-electron chi connectivity index (χ2n) is 10.6. The fourth-order valence-corrected chi connectivity index (χ4v) is 6.71. The minimum absolute atomic E-state index is 0.234. The van der Waals surface area contributed by atoms with Gasteiger partial charge in [-0.05, 0) is 62.3 Å². The topological polar surface area (TPSA) is 123 Å². The Morgan fingerprint density at radius 1 is 1.32 bits per heavy atom. The number of carboxylic acid groups (broad SMARTS) is 1. The Morgan fingerprint density at radius 2 is 2.07 bits per heavy atom. The molecule has 3 N–H and O–H groups in total. The van der Waals surface area contributed by atoms with Crippen molar-refractivity contribution in [3.63, 3.8) is 0 Å². The molecule has 2 heterocycles. The number of benzene rings is 1. The molecule has 10 heteroatoms. The largest absolute Gasteiger partial charge is 0.490 e. The van der Waals surface area contributed by atoms with Gasteiger partial charge in [-0.15, -0.1) is 17.1 Å². The quantitative estimate of drug-likeness (QED) is 0.258. The summed E-state index contributed by atoms with van der Waals surface area (Å²) < 4.78 is 5.90. The van der Waals surface area contributed by atoms with Crippen LogP contribution in [0.15, 0.2) is 42.3 Å². The molecule has 3 amide bonds. The first-order valence-corrected chi connectivity index (χ1v) is 14.3. The van der Waals surface area contributed by atoms with E-state index in [4.69, 9.17) is 10.1 Å². The standard InChI is InChI=1S/C31H36N4O5S/c1-6-21-7-8-23-13-22(24(15-32)16-33-5)9-10-25(23)31(4,14-21)29(37)35(30(38)39)18-27(36)34-11-12-40-28-19(2)20(3)41-26(28)17-34/h9-10,13,15-16,32-33H,1,7-8,11-12,14,17-18H2,2-5H3,(H,38,39)/b24-16+,32-15?. The lowest BCUT2D eigenvalue weighted by atomic mass is 9.75. The van der Waals surface area contributed by atoms with Crippen molar-refractivity contribution in [3.8, 4) is 5.75 Å². The first-order valence-electron chi connectivity index (χ1n) is 13.5. The SMILES string of the molecule is C=C=C1CCc2cc(/C(C=N)=C/NC)ccc2C(C)(C(=O)N(CC(=O)N2CCOc3c(sc(C)c3C)C2)C(=O)O)C1. The predicted octanol–water partition coefficient (Wildman–Crippen LogP) is 4.81. The van der Waals surface area contributed by atoms with E-state index in [2.05, 4.69) is 17.6 Å². The average Bonchev–Trinajstić information content (AvgIpc) is 3.10. The van der Waals surface area contributed by atoms with E-state index >= 15 is 0 Å². The van der Waals surface area contributed by atoms with E-state index in [1.165, 1.54) is 6.21 Å². The van der Waals surface area contributed by atoms with Crippen molar-refractivity contribution in [2.24, 2.45) is 0 Å². The smallest absolute Gasteiger partial charge is 0.414 e. The molecule has 1 aliphatic heterocycles. The van der Waals surface area contributed by atoms with E-state index < -0.39 is 29.9 Å². The van der Waals surface area contributed by atoms with Crippen molar-refractivity contribution < 1.29 is 24.2 Å². The second-order valence-corrected chi connectivity index (χ2v) is 11.9. The summed E-state index contributed by atoms with van der Waals surface area (Å²) in [6.45, 7) is 9.80. The highest BCUT2D eigenvalue weighted by atomic mass is 32.1. The average molecular weight is 577 g/mol. The Labute approximate surface area is 244 Å². The highest BCUT2D eigenvalue weighted by Crippen LogP contribution is 2.41. The molecule has 1 aromatic carbocycles. The zero-order chi connectivity index (χ0) is 29.9. The predicted molar refractivity (Wildman–Crippen MR) is 160 cm³/mol. The summed E-state index contributed by atoms with van der Waals surface area (Å²) in [7, 11) is 1.76. The number of thiophene rings is 1. The monoisotopic (exact) mass is 576 g/mol. The number of hydrogen-bond donors (Lipinski definition) is 3. The Morgan fingerprint density at radius 3 is 2.73 bits per heavy atom. The molecule has 1 aromatic heterocycles. The van der Waals surface area contributed by atoms with Crippen molar-refractivity contribution in [3.05, 3.63) is 74.3 Å². The second kappa shape index (κ2) is 12.2. The number of carbonyl (C=O) groups excluding carboxylic acids is 2. The van der Waals surface area contributed by atoms with Crippen LogP contribution >= 0.6 is 11.3 Å². The van der Waals surface area contributed by atoms with Crippen LogP contribution in [0.3, 0.4) is 0 Å². The van der Waals surface area contributed by atoms with Gasteiger partial charge in [0, 0.05) is 35.5 Å². The summed E-state index contributed by atoms with van der Waals surface area (Å²) >= 11 is 1.56. The number of fused-ring (bicyclic) bond motifs is 2. The number of rotatable bonds is 6. The Hall–Kier alpha value is -4.14. The summed E-state index contributed by atoms with van der Waals surface area (Å²) in [6, 6.07) is 5.60. The van der Waals surface area contributed by atoms with Crippen molar-refractivity contribution in [1.82, 2.24) is 15.1 Å². The Balaban J connectivity index is 1.67. The fourth-order valence-electron chi connectivity index (χ4n) is 5.57. The molecule has 4 rings (SSSR count). The van der Waals surface area contributed by atoms with Crippen molar-refractivity contribution in [2.45, 2.75) is 52.0 Å². The molecule has 216 valence electrons. The normalized spacial score (nSPS) is 18.6. The summed E-state index contributed by atoms with van der Waals surface area (Å²) in [5.74, 6) is -0.342. The van der Waals surface area contributed by atoms with Crippen LogP contribution in [-0.4, -0.2) is 65.8 Å². The van der Waals surface area contributed by atoms with Gasteiger partial charge < -0.3 is 25.5 Å². The van der Waals surface area contributed by atoms with Gasteiger partial charge in [0.05, 0.1) is 23.4 Å². The number of carbonyl (C=O) groups is 3. The zero-order valence-corrected chi connectivity index (χ0v) is 24.7. The van der Waals surface area contributed by atoms with Crippen LogP contribution in [0.2, 0.25) is 0 Å². The maximum Gasteiger partial charge on any atom is 0.414 e. The number of nitrogens with one attached hydrogen (secondary N) is 2. The number of aryl methyl sites for hydroxylation is 2. The molecule has 1 atom stereocenters. The van der Waals surface area contributed by atoms with Crippen LogP contribution in [0.4, 0.5) is 4.79 Å². The number of nitrogens with zero attached hydrogens (tertiary/aromatic N) is 2. The number of ether oxygens (including phenoxy) is 1. The Bertz CT molecular complexity index is 1490. The Kier molecular flexibility index (Phi) is 8.85. The molecule has 9 nitrogen and oxygen atoms in total.